The molecule has 0 aliphatic carbocycles. The second-order valence-electron chi connectivity index (χ2n) is 6.74. The van der Waals surface area contributed by atoms with Gasteiger partial charge in [-0.3, -0.25) is 9.69 Å². The lowest BCUT2D eigenvalue weighted by Crippen LogP contribution is -2.38. The molecule has 0 aliphatic heterocycles. The van der Waals surface area contributed by atoms with E-state index in [1.54, 1.807) is 25.4 Å². The third kappa shape index (κ3) is 5.39. The van der Waals surface area contributed by atoms with Gasteiger partial charge in [-0.2, -0.15) is 0 Å². The Morgan fingerprint density at radius 3 is 2.41 bits per heavy atom. The Morgan fingerprint density at radius 2 is 1.76 bits per heavy atom. The molecule has 0 saturated carbocycles. The number of nitrogens with zero attached hydrogens (tertiary/aromatic N) is 2. The van der Waals surface area contributed by atoms with Crippen LogP contribution in [0.25, 0.3) is 0 Å². The number of anilines is 1. The lowest BCUT2D eigenvalue weighted by molar-refractivity contribution is -0.119. The maximum Gasteiger partial charge on any atom is 0.241 e. The van der Waals surface area contributed by atoms with E-state index in [-0.39, 0.29) is 12.5 Å². The summed E-state index contributed by atoms with van der Waals surface area (Å²) in [6.07, 6.45) is 1.62. The van der Waals surface area contributed by atoms with Crippen molar-refractivity contribution >= 4 is 11.6 Å². The van der Waals surface area contributed by atoms with Crippen molar-refractivity contribution in [2.45, 2.75) is 13.1 Å². The fourth-order valence-corrected chi connectivity index (χ4v) is 3.14. The second kappa shape index (κ2) is 9.80. The number of carbonyl (C=O) groups is 1. The van der Waals surface area contributed by atoms with Gasteiger partial charge in [-0.25, -0.2) is 0 Å². The summed E-state index contributed by atoms with van der Waals surface area (Å²) in [7, 11) is 5.16. The van der Waals surface area contributed by atoms with Gasteiger partial charge in [-0.05, 0) is 37.4 Å². The van der Waals surface area contributed by atoms with Crippen molar-refractivity contribution in [3.8, 4) is 11.5 Å². The molecule has 0 bridgehead atoms. The van der Waals surface area contributed by atoms with Crippen LogP contribution in [0.3, 0.4) is 0 Å². The molecule has 0 saturated heterocycles. The number of carbonyl (C=O) groups excluding carboxylic acids is 1. The lowest BCUT2D eigenvalue weighted by atomic mass is 10.1. The van der Waals surface area contributed by atoms with Crippen molar-refractivity contribution in [1.29, 1.82) is 0 Å². The van der Waals surface area contributed by atoms with Gasteiger partial charge in [0.15, 0.2) is 0 Å². The van der Waals surface area contributed by atoms with Crippen LogP contribution in [-0.4, -0.2) is 38.6 Å². The highest BCUT2D eigenvalue weighted by Crippen LogP contribution is 2.25. The standard InChI is InChI=1S/C23H26N2O4/c1-24(15-18-11-12-20(27-2)14-22(18)28-3)17-23(26)25(16-21-10-7-13-29-21)19-8-5-4-6-9-19/h4-14H,15-17H2,1-3H3. The Kier molecular flexibility index (Phi) is 6.92. The van der Waals surface area contributed by atoms with Crippen molar-refractivity contribution in [3.63, 3.8) is 0 Å². The average Bonchev–Trinajstić information content (AvgIpc) is 3.26. The highest BCUT2D eigenvalue weighted by Gasteiger charge is 2.19. The van der Waals surface area contributed by atoms with Crippen LogP contribution >= 0.6 is 0 Å². The van der Waals surface area contributed by atoms with Gasteiger partial charge in [-0.1, -0.05) is 24.3 Å². The smallest absolute Gasteiger partial charge is 0.241 e. The fraction of sp³-hybridized carbons (Fsp3) is 0.261. The first-order valence-corrected chi connectivity index (χ1v) is 9.38. The Morgan fingerprint density at radius 1 is 0.966 bits per heavy atom. The Hall–Kier alpha value is -3.25. The van der Waals surface area contributed by atoms with Gasteiger partial charge in [0.05, 0.1) is 33.6 Å². The first kappa shape index (κ1) is 20.5. The van der Waals surface area contributed by atoms with Crippen LogP contribution in [0.4, 0.5) is 5.69 Å². The predicted molar refractivity (Wildman–Crippen MR) is 112 cm³/mol. The van der Waals surface area contributed by atoms with Gasteiger partial charge < -0.3 is 18.8 Å². The molecule has 0 fully saturated rings. The van der Waals surface area contributed by atoms with E-state index in [2.05, 4.69) is 0 Å². The number of hydrogen-bond acceptors (Lipinski definition) is 5. The lowest BCUT2D eigenvalue weighted by Gasteiger charge is -2.25. The summed E-state index contributed by atoms with van der Waals surface area (Å²) in [4.78, 5) is 16.8. The molecular formula is C23H26N2O4. The van der Waals surface area contributed by atoms with Gasteiger partial charge in [0.1, 0.15) is 17.3 Å². The van der Waals surface area contributed by atoms with E-state index >= 15 is 0 Å². The summed E-state index contributed by atoms with van der Waals surface area (Å²) in [5, 5.41) is 0. The summed E-state index contributed by atoms with van der Waals surface area (Å²) in [5.74, 6) is 2.20. The normalized spacial score (nSPS) is 10.8. The molecule has 1 heterocycles. The summed E-state index contributed by atoms with van der Waals surface area (Å²) >= 11 is 0. The van der Waals surface area contributed by atoms with Crippen molar-refractivity contribution in [2.24, 2.45) is 0 Å². The highest BCUT2D eigenvalue weighted by atomic mass is 16.5. The second-order valence-corrected chi connectivity index (χ2v) is 6.74. The molecule has 6 nitrogen and oxygen atoms in total. The minimum atomic E-state index is -0.0115. The largest absolute Gasteiger partial charge is 0.497 e. The number of benzene rings is 2. The summed E-state index contributed by atoms with van der Waals surface area (Å²) < 4.78 is 16.2. The third-order valence-corrected chi connectivity index (χ3v) is 4.60. The van der Waals surface area contributed by atoms with E-state index in [0.717, 1.165) is 28.5 Å². The number of rotatable bonds is 9. The quantitative estimate of drug-likeness (QED) is 0.550. The molecule has 6 heteroatoms. The first-order chi connectivity index (χ1) is 14.1. The number of amides is 1. The SMILES string of the molecule is COc1ccc(CN(C)CC(=O)N(Cc2ccco2)c2ccccc2)c(OC)c1. The summed E-state index contributed by atoms with van der Waals surface area (Å²) in [6, 6.07) is 19.0. The molecule has 1 aromatic heterocycles. The minimum Gasteiger partial charge on any atom is -0.497 e. The van der Waals surface area contributed by atoms with Crippen molar-refractivity contribution in [1.82, 2.24) is 4.90 Å². The molecule has 0 N–H and O–H groups in total. The highest BCUT2D eigenvalue weighted by molar-refractivity contribution is 5.94. The molecule has 2 aromatic carbocycles. The van der Waals surface area contributed by atoms with Gasteiger partial charge in [0.25, 0.3) is 0 Å². The molecule has 0 aliphatic rings. The van der Waals surface area contributed by atoms with E-state index in [4.69, 9.17) is 13.9 Å². The van der Waals surface area contributed by atoms with Crippen LogP contribution in [-0.2, 0) is 17.9 Å². The molecule has 3 aromatic rings. The van der Waals surface area contributed by atoms with Gasteiger partial charge >= 0.3 is 0 Å². The molecule has 0 atom stereocenters. The predicted octanol–water partition coefficient (Wildman–Crippen LogP) is 3.96. The molecule has 0 unspecified atom stereocenters. The van der Waals surface area contributed by atoms with E-state index in [1.807, 2.05) is 72.6 Å². The van der Waals surface area contributed by atoms with Crippen LogP contribution < -0.4 is 14.4 Å². The Balaban J connectivity index is 1.72. The van der Waals surface area contributed by atoms with Crippen molar-refractivity contribution < 1.29 is 18.7 Å². The van der Waals surface area contributed by atoms with E-state index in [0.29, 0.717) is 13.1 Å². The zero-order valence-corrected chi connectivity index (χ0v) is 17.0. The number of ether oxygens (including phenoxy) is 2. The molecule has 1 amide bonds. The Labute approximate surface area is 171 Å². The summed E-state index contributed by atoms with van der Waals surface area (Å²) in [5.41, 5.74) is 1.82. The third-order valence-electron chi connectivity index (χ3n) is 4.60. The number of furan rings is 1. The minimum absolute atomic E-state index is 0.0115. The molecule has 152 valence electrons. The monoisotopic (exact) mass is 394 g/mol. The molecule has 3 rings (SSSR count). The average molecular weight is 394 g/mol. The first-order valence-electron chi connectivity index (χ1n) is 9.38. The van der Waals surface area contributed by atoms with E-state index in [1.165, 1.54) is 0 Å². The van der Waals surface area contributed by atoms with Crippen LogP contribution in [0.1, 0.15) is 11.3 Å². The van der Waals surface area contributed by atoms with Crippen LogP contribution in [0, 0.1) is 0 Å². The zero-order chi connectivity index (χ0) is 20.6. The van der Waals surface area contributed by atoms with Gasteiger partial charge in [0.2, 0.25) is 5.91 Å². The Bertz CT molecular complexity index is 910. The van der Waals surface area contributed by atoms with E-state index < -0.39 is 0 Å². The molecule has 0 spiro atoms. The molecule has 0 radical (unpaired) electrons. The number of likely N-dealkylation sites (N-methyl/N-ethyl adjacent to an activating group) is 1. The van der Waals surface area contributed by atoms with Gasteiger partial charge in [0, 0.05) is 23.9 Å². The van der Waals surface area contributed by atoms with Crippen molar-refractivity contribution in [2.75, 3.05) is 32.7 Å². The number of para-hydroxylation sites is 1. The van der Waals surface area contributed by atoms with Crippen LogP contribution in [0.5, 0.6) is 11.5 Å². The van der Waals surface area contributed by atoms with Gasteiger partial charge in [-0.15, -0.1) is 0 Å². The van der Waals surface area contributed by atoms with Crippen molar-refractivity contribution in [3.05, 3.63) is 78.3 Å². The summed E-state index contributed by atoms with van der Waals surface area (Å²) in [6.45, 7) is 1.21. The number of hydrogen-bond donors (Lipinski definition) is 0. The topological polar surface area (TPSA) is 55.2 Å². The van der Waals surface area contributed by atoms with E-state index in [9.17, 15) is 4.79 Å². The maximum atomic E-state index is 13.1. The van der Waals surface area contributed by atoms with Crippen LogP contribution in [0.15, 0.2) is 71.3 Å². The zero-order valence-electron chi connectivity index (χ0n) is 17.0. The number of methoxy groups -OCH3 is 2. The maximum absolute atomic E-state index is 13.1. The van der Waals surface area contributed by atoms with Crippen LogP contribution in [0.2, 0.25) is 0 Å². The molecule has 29 heavy (non-hydrogen) atoms. The molecular weight excluding hydrogens is 368 g/mol. The fourth-order valence-electron chi connectivity index (χ4n) is 3.14.